The Morgan fingerprint density at radius 3 is 2.48 bits per heavy atom. The maximum absolute atomic E-state index is 11.7. The molecule has 2 rings (SSSR count). The number of methoxy groups -OCH3 is 1. The minimum Gasteiger partial charge on any atom is -0.465 e. The number of benzene rings is 2. The molecule has 0 radical (unpaired) electrons. The van der Waals surface area contributed by atoms with E-state index in [1.54, 1.807) is 18.2 Å². The van der Waals surface area contributed by atoms with Crippen molar-refractivity contribution in [2.45, 2.75) is 6.54 Å². The van der Waals surface area contributed by atoms with Crippen molar-refractivity contribution in [3.05, 3.63) is 68.7 Å². The van der Waals surface area contributed by atoms with Crippen LogP contribution in [0, 0.1) is 10.1 Å². The third kappa shape index (κ3) is 3.98. The Morgan fingerprint density at radius 1 is 1.26 bits per heavy atom. The van der Waals surface area contributed by atoms with Crippen LogP contribution in [0.4, 0.5) is 11.4 Å². The third-order valence-corrected chi connectivity index (χ3v) is 3.61. The van der Waals surface area contributed by atoms with Gasteiger partial charge in [-0.1, -0.05) is 23.7 Å². The molecule has 0 aliphatic heterocycles. The van der Waals surface area contributed by atoms with Crippen LogP contribution in [-0.2, 0) is 11.3 Å². The normalized spacial score (nSPS) is 10.2. The minimum absolute atomic E-state index is 0.0713. The molecule has 0 heterocycles. The maximum Gasteiger partial charge on any atom is 0.344 e. The van der Waals surface area contributed by atoms with Crippen LogP contribution in [-0.4, -0.2) is 25.1 Å². The van der Waals surface area contributed by atoms with E-state index in [4.69, 9.17) is 11.6 Å². The van der Waals surface area contributed by atoms with Gasteiger partial charge < -0.3 is 9.64 Å². The number of hydrogen-bond acceptors (Lipinski definition) is 5. The Kier molecular flexibility index (Phi) is 5.18. The smallest absolute Gasteiger partial charge is 0.344 e. The summed E-state index contributed by atoms with van der Waals surface area (Å²) in [6.07, 6.45) is 0. The fourth-order valence-electron chi connectivity index (χ4n) is 2.15. The summed E-state index contributed by atoms with van der Waals surface area (Å²) >= 11 is 5.86. The average Bonchev–Trinajstić information content (AvgIpc) is 2.55. The highest BCUT2D eigenvalue weighted by atomic mass is 35.5. The number of ether oxygens (including phenoxy) is 1. The molecule has 7 heteroatoms. The first-order valence-corrected chi connectivity index (χ1v) is 7.12. The number of esters is 1. The van der Waals surface area contributed by atoms with Gasteiger partial charge in [0, 0.05) is 30.4 Å². The van der Waals surface area contributed by atoms with Crippen LogP contribution in [0.5, 0.6) is 0 Å². The molecule has 2 aromatic rings. The lowest BCUT2D eigenvalue weighted by molar-refractivity contribution is -0.385. The molecule has 0 N–H and O–H groups in total. The van der Waals surface area contributed by atoms with Crippen LogP contribution in [0.2, 0.25) is 5.02 Å². The Bertz CT molecular complexity index is 731. The Hall–Kier alpha value is -2.60. The highest BCUT2D eigenvalue weighted by molar-refractivity contribution is 6.30. The zero-order chi connectivity index (χ0) is 17.0. The summed E-state index contributed by atoms with van der Waals surface area (Å²) in [6, 6.07) is 11.7. The van der Waals surface area contributed by atoms with E-state index in [-0.39, 0.29) is 11.3 Å². The van der Waals surface area contributed by atoms with E-state index in [0.29, 0.717) is 17.3 Å². The Balaban J connectivity index is 2.29. The molecule has 0 spiro atoms. The zero-order valence-electron chi connectivity index (χ0n) is 12.7. The van der Waals surface area contributed by atoms with Crippen molar-refractivity contribution in [1.82, 2.24) is 0 Å². The van der Waals surface area contributed by atoms with Gasteiger partial charge in [0.25, 0.3) is 5.69 Å². The number of nitro benzene ring substituents is 1. The van der Waals surface area contributed by atoms with E-state index in [1.807, 2.05) is 24.1 Å². The van der Waals surface area contributed by atoms with E-state index >= 15 is 0 Å². The van der Waals surface area contributed by atoms with Gasteiger partial charge in [-0.25, -0.2) is 4.79 Å². The summed E-state index contributed by atoms with van der Waals surface area (Å²) in [7, 11) is 3.02. The van der Waals surface area contributed by atoms with Gasteiger partial charge in [0.05, 0.1) is 12.0 Å². The van der Waals surface area contributed by atoms with Crippen molar-refractivity contribution in [3.8, 4) is 0 Å². The summed E-state index contributed by atoms with van der Waals surface area (Å²) < 4.78 is 4.62. The first kappa shape index (κ1) is 16.8. The fraction of sp³-hybridized carbons (Fsp3) is 0.188. The largest absolute Gasteiger partial charge is 0.465 e. The van der Waals surface area contributed by atoms with Crippen LogP contribution in [0.3, 0.4) is 0 Å². The van der Waals surface area contributed by atoms with Crippen molar-refractivity contribution in [1.29, 1.82) is 0 Å². The summed E-state index contributed by atoms with van der Waals surface area (Å²) in [4.78, 5) is 24.0. The molecule has 0 saturated carbocycles. The summed E-state index contributed by atoms with van der Waals surface area (Å²) in [6.45, 7) is 0.565. The number of anilines is 1. The molecule has 120 valence electrons. The van der Waals surface area contributed by atoms with E-state index < -0.39 is 10.9 Å². The van der Waals surface area contributed by atoms with Gasteiger partial charge in [0.15, 0.2) is 0 Å². The lowest BCUT2D eigenvalue weighted by Gasteiger charge is -2.20. The number of halogens is 1. The Labute approximate surface area is 138 Å². The number of carbonyl (C=O) groups excluding carboxylic acids is 1. The van der Waals surface area contributed by atoms with E-state index in [2.05, 4.69) is 4.74 Å². The second kappa shape index (κ2) is 7.11. The second-order valence-electron chi connectivity index (χ2n) is 4.93. The van der Waals surface area contributed by atoms with Gasteiger partial charge in [-0.3, -0.25) is 10.1 Å². The SMILES string of the molecule is COC(=O)c1cc(N(C)Cc2ccc(Cl)cc2)ccc1[N+](=O)[O-]. The first-order valence-electron chi connectivity index (χ1n) is 6.74. The molecule has 0 bridgehead atoms. The molecule has 6 nitrogen and oxygen atoms in total. The van der Waals surface area contributed by atoms with Crippen molar-refractivity contribution >= 4 is 28.9 Å². The van der Waals surface area contributed by atoms with E-state index in [0.717, 1.165) is 5.56 Å². The monoisotopic (exact) mass is 334 g/mol. The lowest BCUT2D eigenvalue weighted by atomic mass is 10.1. The van der Waals surface area contributed by atoms with Crippen molar-refractivity contribution in [2.24, 2.45) is 0 Å². The van der Waals surface area contributed by atoms with Gasteiger partial charge in [0.2, 0.25) is 0 Å². The van der Waals surface area contributed by atoms with Crippen molar-refractivity contribution in [2.75, 3.05) is 19.1 Å². The van der Waals surface area contributed by atoms with Crippen LogP contribution < -0.4 is 4.90 Å². The topological polar surface area (TPSA) is 72.7 Å². The zero-order valence-corrected chi connectivity index (χ0v) is 13.4. The van der Waals surface area contributed by atoms with Gasteiger partial charge in [-0.15, -0.1) is 0 Å². The number of hydrogen-bond donors (Lipinski definition) is 0. The number of carbonyl (C=O) groups is 1. The van der Waals surface area contributed by atoms with Crippen molar-refractivity contribution < 1.29 is 14.5 Å². The molecule has 0 amide bonds. The van der Waals surface area contributed by atoms with E-state index in [9.17, 15) is 14.9 Å². The number of nitrogens with zero attached hydrogens (tertiary/aromatic N) is 2. The van der Waals surface area contributed by atoms with Crippen LogP contribution in [0.15, 0.2) is 42.5 Å². The van der Waals surface area contributed by atoms with Gasteiger partial charge in [-0.2, -0.15) is 0 Å². The molecule has 0 atom stereocenters. The highest BCUT2D eigenvalue weighted by Crippen LogP contribution is 2.26. The van der Waals surface area contributed by atoms with Gasteiger partial charge in [-0.05, 0) is 29.8 Å². The molecule has 0 aromatic heterocycles. The predicted octanol–water partition coefficient (Wildman–Crippen LogP) is 3.67. The van der Waals surface area contributed by atoms with Crippen LogP contribution in [0.25, 0.3) is 0 Å². The summed E-state index contributed by atoms with van der Waals surface area (Å²) in [5.41, 5.74) is 1.35. The molecular formula is C16H15ClN2O4. The maximum atomic E-state index is 11.7. The second-order valence-corrected chi connectivity index (χ2v) is 5.37. The quantitative estimate of drug-likeness (QED) is 0.474. The molecule has 0 aliphatic rings. The fourth-order valence-corrected chi connectivity index (χ4v) is 2.28. The standard InChI is InChI=1S/C16H15ClN2O4/c1-18(10-11-3-5-12(17)6-4-11)13-7-8-15(19(21)22)14(9-13)16(20)23-2/h3-9H,10H2,1-2H3. The van der Waals surface area contributed by atoms with Crippen LogP contribution >= 0.6 is 11.6 Å². The number of nitro groups is 1. The molecular weight excluding hydrogens is 320 g/mol. The molecule has 0 fully saturated rings. The third-order valence-electron chi connectivity index (χ3n) is 3.36. The average molecular weight is 335 g/mol. The van der Waals surface area contributed by atoms with Gasteiger partial charge >= 0.3 is 5.97 Å². The summed E-state index contributed by atoms with van der Waals surface area (Å²) in [5, 5.41) is 11.7. The highest BCUT2D eigenvalue weighted by Gasteiger charge is 2.22. The lowest BCUT2D eigenvalue weighted by Crippen LogP contribution is -2.17. The molecule has 2 aromatic carbocycles. The van der Waals surface area contributed by atoms with Crippen molar-refractivity contribution in [3.63, 3.8) is 0 Å². The number of rotatable bonds is 5. The molecule has 0 unspecified atom stereocenters. The Morgan fingerprint density at radius 2 is 1.91 bits per heavy atom. The van der Waals surface area contributed by atoms with Crippen LogP contribution in [0.1, 0.15) is 15.9 Å². The predicted molar refractivity (Wildman–Crippen MR) is 88.0 cm³/mol. The summed E-state index contributed by atoms with van der Waals surface area (Å²) in [5.74, 6) is -0.738. The van der Waals surface area contributed by atoms with Gasteiger partial charge in [0.1, 0.15) is 5.56 Å². The molecule has 0 saturated heterocycles. The first-order chi connectivity index (χ1) is 10.9. The minimum atomic E-state index is -0.738. The van der Waals surface area contributed by atoms with E-state index in [1.165, 1.54) is 19.2 Å². The molecule has 23 heavy (non-hydrogen) atoms. The molecule has 0 aliphatic carbocycles.